The van der Waals surface area contributed by atoms with Gasteiger partial charge in [0.15, 0.2) is 0 Å². The number of hydrogen-bond donors (Lipinski definition) is 2. The van der Waals surface area contributed by atoms with E-state index in [-0.39, 0.29) is 18.4 Å². The summed E-state index contributed by atoms with van der Waals surface area (Å²) in [7, 11) is 1.64. The molecule has 0 spiro atoms. The first-order valence-electron chi connectivity index (χ1n) is 13.9. The monoisotopic (exact) mass is 555 g/mol. The van der Waals surface area contributed by atoms with Gasteiger partial charge in [0.25, 0.3) is 5.91 Å². The van der Waals surface area contributed by atoms with Gasteiger partial charge in [0.2, 0.25) is 11.8 Å². The molecule has 3 aromatic rings. The highest BCUT2D eigenvalue weighted by molar-refractivity contribution is 6.10. The summed E-state index contributed by atoms with van der Waals surface area (Å²) < 4.78 is 0. The van der Waals surface area contributed by atoms with E-state index in [1.807, 2.05) is 43.3 Å². The summed E-state index contributed by atoms with van der Waals surface area (Å²) in [4.78, 5) is 58.3. The minimum absolute atomic E-state index is 0.181. The van der Waals surface area contributed by atoms with Gasteiger partial charge in [0.1, 0.15) is 12.6 Å². The first kappa shape index (κ1) is 29.3. The molecule has 1 atom stereocenters. The van der Waals surface area contributed by atoms with Crippen molar-refractivity contribution in [3.05, 3.63) is 90.0 Å². The second-order valence-electron chi connectivity index (χ2n) is 10.3. The Morgan fingerprint density at radius 1 is 0.878 bits per heavy atom. The van der Waals surface area contributed by atoms with Gasteiger partial charge in [-0.05, 0) is 75.1 Å². The number of aryl methyl sites for hydroxylation is 1. The molecule has 9 nitrogen and oxygen atoms in total. The molecule has 1 fully saturated rings. The van der Waals surface area contributed by atoms with Crippen molar-refractivity contribution >= 4 is 40.8 Å². The first-order chi connectivity index (χ1) is 19.7. The molecule has 41 heavy (non-hydrogen) atoms. The fraction of sp³-hybridized carbons (Fsp3) is 0.312. The molecular formula is C32H37N5O4. The largest absolute Gasteiger partial charge is 0.339 e. The van der Waals surface area contributed by atoms with Gasteiger partial charge < -0.3 is 25.3 Å². The fourth-order valence-electron chi connectivity index (χ4n) is 4.86. The number of nitrogens with one attached hydrogen (secondary N) is 2. The van der Waals surface area contributed by atoms with Crippen molar-refractivity contribution in [2.75, 3.05) is 41.8 Å². The Labute approximate surface area is 241 Å². The third-order valence-electron chi connectivity index (χ3n) is 7.14. The predicted octanol–water partition coefficient (Wildman–Crippen LogP) is 4.83. The van der Waals surface area contributed by atoms with Gasteiger partial charge in [-0.15, -0.1) is 0 Å². The van der Waals surface area contributed by atoms with Crippen molar-refractivity contribution in [3.63, 3.8) is 0 Å². The van der Waals surface area contributed by atoms with Crippen LogP contribution in [0.5, 0.6) is 0 Å². The van der Waals surface area contributed by atoms with Crippen LogP contribution in [0.3, 0.4) is 0 Å². The van der Waals surface area contributed by atoms with Crippen molar-refractivity contribution in [3.8, 4) is 0 Å². The number of rotatable bonds is 8. The van der Waals surface area contributed by atoms with Crippen LogP contribution in [0.2, 0.25) is 0 Å². The molecule has 9 heteroatoms. The molecule has 4 rings (SSSR count). The van der Waals surface area contributed by atoms with E-state index in [9.17, 15) is 19.2 Å². The molecule has 214 valence electrons. The number of para-hydroxylation sites is 2. The average Bonchev–Trinajstić information content (AvgIpc) is 2.99. The standard InChI is InChI=1S/C32H37N5O4/c1-23-13-12-14-25(21-23)34-32(41)33-24(2)30(39)37(22-29(38)35(3)26-15-6-4-7-16-26)28-18-9-8-17-27(28)31(40)36-19-10-5-11-20-36/h4,6-9,12-18,21,24H,5,10-11,19-20,22H2,1-3H3,(H2,33,34,41). The third-order valence-corrected chi connectivity index (χ3v) is 7.14. The molecule has 5 amide bonds. The van der Waals surface area contributed by atoms with Crippen LogP contribution in [-0.2, 0) is 9.59 Å². The lowest BCUT2D eigenvalue weighted by molar-refractivity contribution is -0.123. The molecule has 2 N–H and O–H groups in total. The summed E-state index contributed by atoms with van der Waals surface area (Å²) in [5, 5.41) is 5.43. The van der Waals surface area contributed by atoms with Gasteiger partial charge in [-0.3, -0.25) is 14.4 Å². The molecule has 0 saturated carbocycles. The number of hydrogen-bond acceptors (Lipinski definition) is 4. The van der Waals surface area contributed by atoms with Crippen molar-refractivity contribution in [1.82, 2.24) is 10.2 Å². The van der Waals surface area contributed by atoms with E-state index in [2.05, 4.69) is 10.6 Å². The van der Waals surface area contributed by atoms with Crippen molar-refractivity contribution in [2.45, 2.75) is 39.2 Å². The molecular weight excluding hydrogens is 518 g/mol. The maximum absolute atomic E-state index is 13.9. The predicted molar refractivity (Wildman–Crippen MR) is 161 cm³/mol. The van der Waals surface area contributed by atoms with E-state index >= 15 is 0 Å². The molecule has 1 aliphatic rings. The smallest absolute Gasteiger partial charge is 0.319 e. The summed E-state index contributed by atoms with van der Waals surface area (Å²) in [6, 6.07) is 21.7. The maximum Gasteiger partial charge on any atom is 0.319 e. The van der Waals surface area contributed by atoms with Gasteiger partial charge in [-0.25, -0.2) is 4.79 Å². The second kappa shape index (κ2) is 13.6. The van der Waals surface area contributed by atoms with Crippen molar-refractivity contribution < 1.29 is 19.2 Å². The van der Waals surface area contributed by atoms with Crippen LogP contribution in [0.15, 0.2) is 78.9 Å². The lowest BCUT2D eigenvalue weighted by Crippen LogP contribution is -2.51. The van der Waals surface area contributed by atoms with Crippen LogP contribution in [0.1, 0.15) is 42.1 Å². The molecule has 0 aliphatic carbocycles. The number of carbonyl (C=O) groups is 4. The van der Waals surface area contributed by atoms with E-state index in [0.29, 0.717) is 35.7 Å². The summed E-state index contributed by atoms with van der Waals surface area (Å²) >= 11 is 0. The average molecular weight is 556 g/mol. The molecule has 0 aromatic heterocycles. The normalized spacial score (nSPS) is 13.6. The van der Waals surface area contributed by atoms with Crippen LogP contribution >= 0.6 is 0 Å². The van der Waals surface area contributed by atoms with Crippen LogP contribution in [-0.4, -0.2) is 61.4 Å². The molecule has 1 unspecified atom stereocenters. The molecule has 1 heterocycles. The zero-order chi connectivity index (χ0) is 29.4. The molecule has 0 radical (unpaired) electrons. The van der Waals surface area contributed by atoms with Gasteiger partial charge in [-0.2, -0.15) is 0 Å². The number of anilines is 3. The van der Waals surface area contributed by atoms with Crippen LogP contribution in [0.25, 0.3) is 0 Å². The number of carbonyl (C=O) groups excluding carboxylic acids is 4. The summed E-state index contributed by atoms with van der Waals surface area (Å²) in [6.45, 7) is 4.45. The highest BCUT2D eigenvalue weighted by Gasteiger charge is 2.31. The molecule has 1 aliphatic heterocycles. The number of benzene rings is 3. The van der Waals surface area contributed by atoms with E-state index < -0.39 is 18.0 Å². The Morgan fingerprint density at radius 3 is 2.27 bits per heavy atom. The highest BCUT2D eigenvalue weighted by Crippen LogP contribution is 2.25. The van der Waals surface area contributed by atoms with Crippen molar-refractivity contribution in [2.24, 2.45) is 0 Å². The Balaban J connectivity index is 1.60. The first-order valence-corrected chi connectivity index (χ1v) is 13.9. The minimum Gasteiger partial charge on any atom is -0.339 e. The fourth-order valence-corrected chi connectivity index (χ4v) is 4.86. The topological polar surface area (TPSA) is 102 Å². The summed E-state index contributed by atoms with van der Waals surface area (Å²) in [6.07, 6.45) is 2.92. The number of piperidine rings is 1. The van der Waals surface area contributed by atoms with E-state index in [4.69, 9.17) is 0 Å². The Kier molecular flexibility index (Phi) is 9.73. The number of nitrogens with zero attached hydrogens (tertiary/aromatic N) is 3. The molecule has 1 saturated heterocycles. The second-order valence-corrected chi connectivity index (χ2v) is 10.3. The zero-order valence-corrected chi connectivity index (χ0v) is 23.8. The summed E-state index contributed by atoms with van der Waals surface area (Å²) in [5.41, 5.74) is 2.92. The Morgan fingerprint density at radius 2 is 1.56 bits per heavy atom. The lowest BCUT2D eigenvalue weighted by atomic mass is 10.1. The van der Waals surface area contributed by atoms with Gasteiger partial charge in [-0.1, -0.05) is 42.5 Å². The zero-order valence-electron chi connectivity index (χ0n) is 23.8. The highest BCUT2D eigenvalue weighted by atomic mass is 16.2. The van der Waals surface area contributed by atoms with E-state index in [0.717, 1.165) is 24.8 Å². The number of urea groups is 1. The van der Waals surface area contributed by atoms with Crippen LogP contribution < -0.4 is 20.4 Å². The van der Waals surface area contributed by atoms with Gasteiger partial charge >= 0.3 is 6.03 Å². The van der Waals surface area contributed by atoms with Gasteiger partial charge in [0, 0.05) is 31.5 Å². The Bertz CT molecular complexity index is 1390. The third kappa shape index (κ3) is 7.51. The van der Waals surface area contributed by atoms with Gasteiger partial charge in [0.05, 0.1) is 11.3 Å². The van der Waals surface area contributed by atoms with Crippen molar-refractivity contribution in [1.29, 1.82) is 0 Å². The van der Waals surface area contributed by atoms with E-state index in [1.54, 1.807) is 61.3 Å². The minimum atomic E-state index is -0.993. The van der Waals surface area contributed by atoms with Crippen LogP contribution in [0, 0.1) is 6.92 Å². The molecule has 3 aromatic carbocycles. The SMILES string of the molecule is Cc1cccc(NC(=O)NC(C)C(=O)N(CC(=O)N(C)c2ccccc2)c2ccccc2C(=O)N2CCCCC2)c1. The number of likely N-dealkylation sites (N-methyl/N-ethyl adjacent to an activating group) is 1. The Hall–Kier alpha value is -4.66. The van der Waals surface area contributed by atoms with Crippen LogP contribution in [0.4, 0.5) is 21.9 Å². The summed E-state index contributed by atoms with van der Waals surface area (Å²) in [5.74, 6) is -1.04. The number of likely N-dealkylation sites (tertiary alicyclic amines) is 1. The van der Waals surface area contributed by atoms with E-state index in [1.165, 1.54) is 9.80 Å². The lowest BCUT2D eigenvalue weighted by Gasteiger charge is -2.31. The maximum atomic E-state index is 13.9. The number of amides is 5. The molecule has 0 bridgehead atoms. The quantitative estimate of drug-likeness (QED) is 0.416.